The second kappa shape index (κ2) is 5.78. The molecule has 0 bridgehead atoms. The molecule has 7 nitrogen and oxygen atoms in total. The lowest BCUT2D eigenvalue weighted by Gasteiger charge is -2.23. The smallest absolute Gasteiger partial charge is 0.306 e. The Balaban J connectivity index is 0.00000128. The van der Waals surface area contributed by atoms with E-state index < -0.39 is 4.92 Å². The molecule has 0 aromatic carbocycles. The third-order valence-corrected chi connectivity index (χ3v) is 2.23. The predicted octanol–water partition coefficient (Wildman–Crippen LogP) is 0.201. The molecule has 1 aromatic heterocycles. The van der Waals surface area contributed by atoms with Crippen LogP contribution in [0.5, 0.6) is 0 Å². The summed E-state index contributed by atoms with van der Waals surface area (Å²) in [6.45, 7) is 2.83. The van der Waals surface area contributed by atoms with Crippen molar-refractivity contribution in [1.29, 1.82) is 0 Å². The highest BCUT2D eigenvalue weighted by Gasteiger charge is 2.16. The van der Waals surface area contributed by atoms with Crippen LogP contribution in [-0.4, -0.2) is 40.5 Å². The molecule has 2 heterocycles. The van der Waals surface area contributed by atoms with Crippen LogP contribution in [0.1, 0.15) is 0 Å². The molecule has 0 amide bonds. The first-order chi connectivity index (χ1) is 7.25. The summed E-state index contributed by atoms with van der Waals surface area (Å²) in [6, 6.07) is 0. The van der Waals surface area contributed by atoms with E-state index in [0.29, 0.717) is 13.2 Å². The van der Waals surface area contributed by atoms with Gasteiger partial charge >= 0.3 is 5.69 Å². The Morgan fingerprint density at radius 2 is 2.56 bits per heavy atom. The molecular formula is C8H13ClN4O3. The highest BCUT2D eigenvalue weighted by atomic mass is 35.5. The Morgan fingerprint density at radius 1 is 1.75 bits per heavy atom. The van der Waals surface area contributed by atoms with Gasteiger partial charge in [0.2, 0.25) is 0 Å². The molecule has 0 aliphatic carbocycles. The first-order valence-corrected chi connectivity index (χ1v) is 4.75. The summed E-state index contributed by atoms with van der Waals surface area (Å²) in [6.07, 6.45) is 2.70. The van der Waals surface area contributed by atoms with E-state index in [1.165, 1.54) is 17.1 Å². The number of hydrogen-bond donors (Lipinski definition) is 1. The second-order valence-corrected chi connectivity index (χ2v) is 3.37. The van der Waals surface area contributed by atoms with Crippen LogP contribution in [0.25, 0.3) is 0 Å². The first kappa shape index (κ1) is 12.9. The van der Waals surface area contributed by atoms with E-state index in [1.54, 1.807) is 0 Å². The van der Waals surface area contributed by atoms with Gasteiger partial charge in [0.25, 0.3) is 0 Å². The number of hydrogen-bond acceptors (Lipinski definition) is 5. The average molecular weight is 249 g/mol. The number of nitrogens with zero attached hydrogens (tertiary/aromatic N) is 3. The van der Waals surface area contributed by atoms with E-state index in [-0.39, 0.29) is 24.2 Å². The summed E-state index contributed by atoms with van der Waals surface area (Å²) in [5.74, 6) is 0. The third kappa shape index (κ3) is 3.16. The highest BCUT2D eigenvalue weighted by molar-refractivity contribution is 5.85. The van der Waals surface area contributed by atoms with E-state index in [0.717, 1.165) is 13.1 Å². The van der Waals surface area contributed by atoms with Gasteiger partial charge in [0.05, 0.1) is 24.2 Å². The van der Waals surface area contributed by atoms with Crippen LogP contribution in [-0.2, 0) is 11.3 Å². The molecule has 16 heavy (non-hydrogen) atoms. The minimum absolute atomic E-state index is 0. The summed E-state index contributed by atoms with van der Waals surface area (Å²) < 4.78 is 7.00. The zero-order valence-corrected chi connectivity index (χ0v) is 9.35. The van der Waals surface area contributed by atoms with Crippen molar-refractivity contribution in [2.75, 3.05) is 19.7 Å². The van der Waals surface area contributed by atoms with E-state index in [2.05, 4.69) is 10.4 Å². The van der Waals surface area contributed by atoms with E-state index in [9.17, 15) is 10.1 Å². The fourth-order valence-electron chi connectivity index (χ4n) is 1.49. The van der Waals surface area contributed by atoms with Gasteiger partial charge in [-0.25, -0.2) is 0 Å². The van der Waals surface area contributed by atoms with Crippen molar-refractivity contribution in [3.05, 3.63) is 22.5 Å². The molecule has 1 aliphatic rings. The number of nitrogens with one attached hydrogen (secondary N) is 1. The Kier molecular flexibility index (Phi) is 4.66. The third-order valence-electron chi connectivity index (χ3n) is 2.23. The fraction of sp³-hybridized carbons (Fsp3) is 0.625. The van der Waals surface area contributed by atoms with Crippen LogP contribution in [0.4, 0.5) is 5.69 Å². The van der Waals surface area contributed by atoms with Crippen molar-refractivity contribution in [3.63, 3.8) is 0 Å². The number of halogens is 1. The van der Waals surface area contributed by atoms with E-state index in [1.807, 2.05) is 0 Å². The summed E-state index contributed by atoms with van der Waals surface area (Å²) in [4.78, 5) is 9.96. The molecule has 0 radical (unpaired) electrons. The van der Waals surface area contributed by atoms with Gasteiger partial charge in [0.1, 0.15) is 12.4 Å². The highest BCUT2D eigenvalue weighted by Crippen LogP contribution is 2.09. The van der Waals surface area contributed by atoms with Gasteiger partial charge in [0.15, 0.2) is 0 Å². The van der Waals surface area contributed by atoms with Crippen LogP contribution < -0.4 is 5.32 Å². The van der Waals surface area contributed by atoms with Crippen molar-refractivity contribution in [1.82, 2.24) is 15.1 Å². The van der Waals surface area contributed by atoms with Gasteiger partial charge in [0, 0.05) is 13.1 Å². The SMILES string of the molecule is Cl.O=[N+]([O-])c1cnn(C[C@@H]2CNCCO2)c1. The van der Waals surface area contributed by atoms with Crippen LogP contribution in [0, 0.1) is 10.1 Å². The number of nitro groups is 1. The van der Waals surface area contributed by atoms with Crippen molar-refractivity contribution in [2.45, 2.75) is 12.6 Å². The van der Waals surface area contributed by atoms with Crippen molar-refractivity contribution < 1.29 is 9.66 Å². The summed E-state index contributed by atoms with van der Waals surface area (Å²) in [5.41, 5.74) is 0.0127. The van der Waals surface area contributed by atoms with Crippen LogP contribution in [0.15, 0.2) is 12.4 Å². The molecule has 90 valence electrons. The summed E-state index contributed by atoms with van der Waals surface area (Å²) in [5, 5.41) is 17.5. The Hall–Kier alpha value is -1.18. The molecule has 0 spiro atoms. The number of rotatable bonds is 3. The quantitative estimate of drug-likeness (QED) is 0.610. The molecule has 0 unspecified atom stereocenters. The molecular weight excluding hydrogens is 236 g/mol. The van der Waals surface area contributed by atoms with Crippen molar-refractivity contribution >= 4 is 18.1 Å². The molecule has 8 heteroatoms. The monoisotopic (exact) mass is 248 g/mol. The maximum absolute atomic E-state index is 10.4. The Bertz CT molecular complexity index is 351. The lowest BCUT2D eigenvalue weighted by atomic mass is 10.3. The first-order valence-electron chi connectivity index (χ1n) is 4.75. The van der Waals surface area contributed by atoms with Crippen LogP contribution >= 0.6 is 12.4 Å². The zero-order chi connectivity index (χ0) is 10.7. The summed E-state index contributed by atoms with van der Waals surface area (Å²) in [7, 11) is 0. The number of aromatic nitrogens is 2. The molecule has 1 aliphatic heterocycles. The maximum atomic E-state index is 10.4. The minimum atomic E-state index is -0.455. The van der Waals surface area contributed by atoms with Gasteiger partial charge in [-0.05, 0) is 0 Å². The maximum Gasteiger partial charge on any atom is 0.306 e. The molecule has 1 saturated heterocycles. The molecule has 1 N–H and O–H groups in total. The average Bonchev–Trinajstić information content (AvgIpc) is 2.68. The standard InChI is InChI=1S/C8H12N4O3.ClH/c13-12(14)7-3-10-11(5-7)6-8-4-9-1-2-15-8;/h3,5,8-9H,1-2,4,6H2;1H/t8-;/m0./s1. The molecule has 0 saturated carbocycles. The second-order valence-electron chi connectivity index (χ2n) is 3.37. The Morgan fingerprint density at radius 3 is 3.12 bits per heavy atom. The largest absolute Gasteiger partial charge is 0.374 e. The van der Waals surface area contributed by atoms with Gasteiger partial charge < -0.3 is 10.1 Å². The minimum Gasteiger partial charge on any atom is -0.374 e. The van der Waals surface area contributed by atoms with Crippen LogP contribution in [0.2, 0.25) is 0 Å². The molecule has 1 fully saturated rings. The lowest BCUT2D eigenvalue weighted by Crippen LogP contribution is -2.40. The zero-order valence-electron chi connectivity index (χ0n) is 8.54. The molecule has 1 atom stereocenters. The molecule has 2 rings (SSSR count). The molecule has 1 aromatic rings. The van der Waals surface area contributed by atoms with Gasteiger partial charge in [-0.3, -0.25) is 14.8 Å². The van der Waals surface area contributed by atoms with Gasteiger partial charge in [-0.1, -0.05) is 0 Å². The number of morpholine rings is 1. The predicted molar refractivity (Wildman–Crippen MR) is 58.7 cm³/mol. The van der Waals surface area contributed by atoms with Crippen molar-refractivity contribution in [2.24, 2.45) is 0 Å². The summed E-state index contributed by atoms with van der Waals surface area (Å²) >= 11 is 0. The lowest BCUT2D eigenvalue weighted by molar-refractivity contribution is -0.385. The fourth-order valence-corrected chi connectivity index (χ4v) is 1.49. The Labute approximate surface area is 98.3 Å². The van der Waals surface area contributed by atoms with Gasteiger partial charge in [-0.15, -0.1) is 12.4 Å². The normalized spacial score (nSPS) is 20.1. The van der Waals surface area contributed by atoms with E-state index >= 15 is 0 Å². The van der Waals surface area contributed by atoms with Gasteiger partial charge in [-0.2, -0.15) is 5.10 Å². The van der Waals surface area contributed by atoms with Crippen LogP contribution in [0.3, 0.4) is 0 Å². The van der Waals surface area contributed by atoms with E-state index in [4.69, 9.17) is 4.74 Å². The topological polar surface area (TPSA) is 82.2 Å². The van der Waals surface area contributed by atoms with Crippen molar-refractivity contribution in [3.8, 4) is 0 Å². The number of ether oxygens (including phenoxy) is 1.